The van der Waals surface area contributed by atoms with E-state index in [0.29, 0.717) is 0 Å². The molecule has 0 aliphatic rings. The Labute approximate surface area is 250 Å². The molecule has 0 heterocycles. The largest absolute Gasteiger partial charge is 1.00 e. The van der Waals surface area contributed by atoms with Gasteiger partial charge in [0, 0.05) is 0 Å². The van der Waals surface area contributed by atoms with Crippen LogP contribution in [0.4, 0.5) is 0 Å². The summed E-state index contributed by atoms with van der Waals surface area (Å²) >= 11 is 22.9. The van der Waals surface area contributed by atoms with Gasteiger partial charge in [0.1, 0.15) is 22.6 Å². The molecule has 0 spiro atoms. The first-order valence-corrected chi connectivity index (χ1v) is 7.35. The molecular formula is C14H8Cl4K2O5. The van der Waals surface area contributed by atoms with Gasteiger partial charge in [0.05, 0.1) is 20.1 Å². The average Bonchev–Trinajstić information content (AvgIpc) is 2.47. The van der Waals surface area contributed by atoms with Crippen molar-refractivity contribution in [1.29, 1.82) is 0 Å². The number of esters is 2. The van der Waals surface area contributed by atoms with E-state index in [1.807, 2.05) is 0 Å². The van der Waals surface area contributed by atoms with Crippen LogP contribution in [0.15, 0.2) is 24.3 Å². The molecule has 0 radical (unpaired) electrons. The maximum atomic E-state index is 12.0. The summed E-state index contributed by atoms with van der Waals surface area (Å²) in [5.41, 5.74) is -0.990. The second kappa shape index (κ2) is 11.6. The molecule has 25 heavy (non-hydrogen) atoms. The maximum absolute atomic E-state index is 12.0. The number of rotatable bonds is 2. The zero-order chi connectivity index (χ0) is 17.3. The van der Waals surface area contributed by atoms with Gasteiger partial charge in [0.25, 0.3) is 0 Å². The molecule has 124 valence electrons. The third-order valence-corrected chi connectivity index (χ3v) is 3.99. The monoisotopic (exact) mass is 474 g/mol. The number of carbonyl (C=O) groups excluding carboxylic acids is 2. The average molecular weight is 476 g/mol. The minimum Gasteiger partial charge on any atom is -1.00 e. The molecule has 0 amide bonds. The molecule has 2 rings (SSSR count). The molecule has 2 aromatic carbocycles. The van der Waals surface area contributed by atoms with Gasteiger partial charge in [-0.1, -0.05) is 46.4 Å². The summed E-state index contributed by atoms with van der Waals surface area (Å²) in [7, 11) is 0. The summed E-state index contributed by atoms with van der Waals surface area (Å²) in [4.78, 5) is 24.1. The number of ether oxygens (including phenoxy) is 1. The van der Waals surface area contributed by atoms with Crippen molar-refractivity contribution >= 4 is 58.3 Å². The van der Waals surface area contributed by atoms with Crippen LogP contribution in [0.1, 0.15) is 23.6 Å². The minimum absolute atomic E-state index is 0. The zero-order valence-corrected chi connectivity index (χ0v) is 22.2. The predicted molar refractivity (Wildman–Crippen MR) is 88.2 cm³/mol. The number of aromatic hydroxyl groups is 2. The third kappa shape index (κ3) is 6.30. The molecule has 0 aromatic heterocycles. The molecule has 11 heteroatoms. The Morgan fingerprint density at radius 2 is 1.00 bits per heavy atom. The molecule has 0 aliphatic carbocycles. The Morgan fingerprint density at radius 1 is 0.720 bits per heavy atom. The van der Waals surface area contributed by atoms with Crippen molar-refractivity contribution in [2.24, 2.45) is 0 Å². The molecular weight excluding hydrogens is 468 g/mol. The van der Waals surface area contributed by atoms with Crippen molar-refractivity contribution in [3.8, 4) is 11.5 Å². The standard InChI is InChI=1S/C14H6Cl4O5.2K.2H/c15-5-1-3-7(17)11(19)9(5)13(21)23-14(22)10-6(16)2-4-8(18)12(10)20;;;;/h1-4,19-20H;;;;/q;2*+1;2*-1. The molecule has 0 saturated carbocycles. The molecule has 0 unspecified atom stereocenters. The first kappa shape index (κ1) is 26.6. The van der Waals surface area contributed by atoms with Gasteiger partial charge in [0.15, 0.2) is 0 Å². The first-order chi connectivity index (χ1) is 10.7. The van der Waals surface area contributed by atoms with Gasteiger partial charge in [-0.05, 0) is 24.3 Å². The minimum atomic E-state index is -1.27. The third-order valence-electron chi connectivity index (χ3n) is 2.75. The summed E-state index contributed by atoms with van der Waals surface area (Å²) in [5.74, 6) is -3.82. The van der Waals surface area contributed by atoms with Crippen LogP contribution in [0.25, 0.3) is 0 Å². The first-order valence-electron chi connectivity index (χ1n) is 5.84. The van der Waals surface area contributed by atoms with Crippen LogP contribution < -0.4 is 103 Å². The second-order valence-corrected chi connectivity index (χ2v) is 5.81. The Morgan fingerprint density at radius 3 is 1.32 bits per heavy atom. The van der Waals surface area contributed by atoms with Crippen molar-refractivity contribution in [3.05, 3.63) is 55.5 Å². The van der Waals surface area contributed by atoms with Crippen molar-refractivity contribution in [3.63, 3.8) is 0 Å². The van der Waals surface area contributed by atoms with E-state index in [1.165, 1.54) is 24.3 Å². The molecule has 2 aromatic rings. The van der Waals surface area contributed by atoms with Crippen LogP contribution in [0.2, 0.25) is 20.1 Å². The van der Waals surface area contributed by atoms with Gasteiger partial charge in [-0.15, -0.1) is 0 Å². The molecule has 0 bridgehead atoms. The predicted octanol–water partition coefficient (Wildman–Crippen LogP) is -1.06. The van der Waals surface area contributed by atoms with E-state index >= 15 is 0 Å². The van der Waals surface area contributed by atoms with Gasteiger partial charge in [0.2, 0.25) is 0 Å². The SMILES string of the molecule is O=C(OC(=O)c1c(Cl)ccc(Cl)c1O)c1c(Cl)ccc(Cl)c1O.[H-].[H-].[K+].[K+]. The second-order valence-electron chi connectivity index (χ2n) is 4.18. The zero-order valence-electron chi connectivity index (χ0n) is 14.9. The van der Waals surface area contributed by atoms with E-state index in [2.05, 4.69) is 4.74 Å². The fourth-order valence-corrected chi connectivity index (χ4v) is 2.43. The molecule has 0 atom stereocenters. The molecule has 5 nitrogen and oxygen atoms in total. The topological polar surface area (TPSA) is 83.8 Å². The van der Waals surface area contributed by atoms with Crippen LogP contribution >= 0.6 is 46.4 Å². The smallest absolute Gasteiger partial charge is 1.00 e. The van der Waals surface area contributed by atoms with Crippen molar-refractivity contribution in [2.45, 2.75) is 0 Å². The Bertz CT molecular complexity index is 772. The van der Waals surface area contributed by atoms with E-state index in [-0.39, 0.29) is 126 Å². The molecule has 0 saturated heterocycles. The van der Waals surface area contributed by atoms with E-state index in [0.717, 1.165) is 0 Å². The van der Waals surface area contributed by atoms with Crippen LogP contribution in [0, 0.1) is 0 Å². The number of hydrogen-bond acceptors (Lipinski definition) is 5. The summed E-state index contributed by atoms with van der Waals surface area (Å²) in [5, 5.41) is 18.9. The normalized spacial score (nSPS) is 9.60. The van der Waals surface area contributed by atoms with E-state index in [1.54, 1.807) is 0 Å². The van der Waals surface area contributed by atoms with Gasteiger partial charge in [-0.2, -0.15) is 0 Å². The summed E-state index contributed by atoms with van der Waals surface area (Å²) < 4.78 is 4.57. The van der Waals surface area contributed by atoms with Crippen LogP contribution in [-0.2, 0) is 4.74 Å². The Kier molecular flexibility index (Phi) is 12.3. The number of halogens is 4. The summed E-state index contributed by atoms with van der Waals surface area (Å²) in [6, 6.07) is 5.01. The van der Waals surface area contributed by atoms with Gasteiger partial charge in [-0.25, -0.2) is 9.59 Å². The molecule has 2 N–H and O–H groups in total. The van der Waals surface area contributed by atoms with Gasteiger partial charge >= 0.3 is 115 Å². The van der Waals surface area contributed by atoms with Crippen LogP contribution in [0.3, 0.4) is 0 Å². The summed E-state index contributed by atoms with van der Waals surface area (Å²) in [6.07, 6.45) is 0. The van der Waals surface area contributed by atoms with E-state index < -0.39 is 34.6 Å². The number of benzene rings is 2. The number of phenols is 2. The maximum Gasteiger partial charge on any atom is 1.00 e. The van der Waals surface area contributed by atoms with E-state index in [9.17, 15) is 19.8 Å². The summed E-state index contributed by atoms with van der Waals surface area (Å²) in [6.45, 7) is 0. The van der Waals surface area contributed by atoms with Crippen LogP contribution in [0.5, 0.6) is 11.5 Å². The molecule has 0 aliphatic heterocycles. The fraction of sp³-hybridized carbons (Fsp3) is 0. The number of hydrogen-bond donors (Lipinski definition) is 2. The van der Waals surface area contributed by atoms with Gasteiger partial charge < -0.3 is 17.8 Å². The fourth-order valence-electron chi connectivity index (χ4n) is 1.66. The number of phenolic OH excluding ortho intramolecular Hbond substituents is 2. The Hall–Kier alpha value is 1.61. The Balaban J connectivity index is -0.00000144. The van der Waals surface area contributed by atoms with Crippen molar-refractivity contribution in [2.75, 3.05) is 0 Å². The quantitative estimate of drug-likeness (QED) is 0.328. The van der Waals surface area contributed by atoms with Gasteiger partial charge in [-0.3, -0.25) is 0 Å². The molecule has 0 fully saturated rings. The van der Waals surface area contributed by atoms with E-state index in [4.69, 9.17) is 46.4 Å². The van der Waals surface area contributed by atoms with Crippen molar-refractivity contribution in [1.82, 2.24) is 0 Å². The van der Waals surface area contributed by atoms with Crippen molar-refractivity contribution < 1.29 is 130 Å². The number of carbonyl (C=O) groups is 2. The van der Waals surface area contributed by atoms with Crippen LogP contribution in [-0.4, -0.2) is 22.2 Å².